The Labute approximate surface area is 91.3 Å². The molecule has 0 aliphatic carbocycles. The average Bonchev–Trinajstić information content (AvgIpc) is 2.14. The molecule has 0 heterocycles. The maximum absolute atomic E-state index is 8.77. The maximum atomic E-state index is 8.77. The van der Waals surface area contributed by atoms with Crippen molar-refractivity contribution in [3.63, 3.8) is 0 Å². The summed E-state index contributed by atoms with van der Waals surface area (Å²) in [5.41, 5.74) is 0. The summed E-state index contributed by atoms with van der Waals surface area (Å²) < 4.78 is 1.06. The van der Waals surface area contributed by atoms with Gasteiger partial charge in [0.05, 0.1) is 11.3 Å². The summed E-state index contributed by atoms with van der Waals surface area (Å²) in [5.74, 6) is 0. The summed E-state index contributed by atoms with van der Waals surface area (Å²) in [6, 6.07) is 10.3. The first-order valence-electron chi connectivity index (χ1n) is 4.08. The number of hydrogen-bond donors (Lipinski definition) is 0. The summed E-state index contributed by atoms with van der Waals surface area (Å²) in [6.07, 6.45) is 0.883. The predicted molar refractivity (Wildman–Crippen MR) is 59.7 cm³/mol. The molecule has 0 aliphatic heterocycles. The Morgan fingerprint density at radius 3 is 2.92 bits per heavy atom. The molecular formula is C10H10BrNS. The number of rotatable bonds is 3. The molecule has 1 nitrogen and oxygen atoms in total. The van der Waals surface area contributed by atoms with Crippen LogP contribution in [0.2, 0.25) is 0 Å². The van der Waals surface area contributed by atoms with Gasteiger partial charge in [0.1, 0.15) is 0 Å². The third-order valence-corrected chi connectivity index (χ3v) is 3.33. The standard InChI is InChI=1S/C10H10BrNS/c1-2-9(7-12)13-10-5-3-4-8(11)6-10/h3-6,9H,2H2,1H3. The van der Waals surface area contributed by atoms with Gasteiger partial charge in [-0.1, -0.05) is 28.9 Å². The van der Waals surface area contributed by atoms with E-state index in [1.54, 1.807) is 11.8 Å². The fourth-order valence-electron chi connectivity index (χ4n) is 0.906. The molecule has 1 rings (SSSR count). The highest BCUT2D eigenvalue weighted by Crippen LogP contribution is 2.26. The minimum absolute atomic E-state index is 0.0642. The monoisotopic (exact) mass is 255 g/mol. The molecular weight excluding hydrogens is 246 g/mol. The van der Waals surface area contributed by atoms with E-state index in [4.69, 9.17) is 5.26 Å². The zero-order valence-electron chi connectivity index (χ0n) is 7.33. The van der Waals surface area contributed by atoms with Crippen molar-refractivity contribution in [2.45, 2.75) is 23.5 Å². The van der Waals surface area contributed by atoms with Crippen LogP contribution in [0.4, 0.5) is 0 Å². The number of halogens is 1. The van der Waals surface area contributed by atoms with E-state index < -0.39 is 0 Å². The van der Waals surface area contributed by atoms with Crippen molar-refractivity contribution < 1.29 is 0 Å². The van der Waals surface area contributed by atoms with Crippen LogP contribution in [0, 0.1) is 11.3 Å². The smallest absolute Gasteiger partial charge is 0.0961 e. The van der Waals surface area contributed by atoms with E-state index in [9.17, 15) is 0 Å². The topological polar surface area (TPSA) is 23.8 Å². The van der Waals surface area contributed by atoms with Crippen LogP contribution in [0.25, 0.3) is 0 Å². The van der Waals surface area contributed by atoms with Crippen molar-refractivity contribution in [2.75, 3.05) is 0 Å². The van der Waals surface area contributed by atoms with Gasteiger partial charge in [-0.25, -0.2) is 0 Å². The zero-order valence-corrected chi connectivity index (χ0v) is 9.73. The van der Waals surface area contributed by atoms with Crippen molar-refractivity contribution in [3.05, 3.63) is 28.7 Å². The second-order valence-corrected chi connectivity index (χ2v) is 4.79. The molecule has 0 amide bonds. The van der Waals surface area contributed by atoms with Gasteiger partial charge in [-0.3, -0.25) is 0 Å². The number of hydrogen-bond acceptors (Lipinski definition) is 2. The van der Waals surface area contributed by atoms with E-state index >= 15 is 0 Å². The van der Waals surface area contributed by atoms with Crippen LogP contribution in [0.1, 0.15) is 13.3 Å². The van der Waals surface area contributed by atoms with Gasteiger partial charge in [-0.15, -0.1) is 11.8 Å². The minimum atomic E-state index is 0.0642. The van der Waals surface area contributed by atoms with Crippen LogP contribution in [0.5, 0.6) is 0 Å². The lowest BCUT2D eigenvalue weighted by atomic mass is 10.4. The molecule has 13 heavy (non-hydrogen) atoms. The van der Waals surface area contributed by atoms with E-state index in [2.05, 4.69) is 22.0 Å². The second-order valence-electron chi connectivity index (χ2n) is 2.60. The Hall–Kier alpha value is -0.460. The van der Waals surface area contributed by atoms with Gasteiger partial charge in [0.2, 0.25) is 0 Å². The van der Waals surface area contributed by atoms with E-state index in [1.807, 2.05) is 31.2 Å². The lowest BCUT2D eigenvalue weighted by Crippen LogP contribution is -1.94. The molecule has 0 N–H and O–H groups in total. The predicted octanol–water partition coefficient (Wildman–Crippen LogP) is 3.84. The van der Waals surface area contributed by atoms with E-state index in [-0.39, 0.29) is 5.25 Å². The van der Waals surface area contributed by atoms with Gasteiger partial charge < -0.3 is 0 Å². The molecule has 0 saturated heterocycles. The van der Waals surface area contributed by atoms with Gasteiger partial charge in [0, 0.05) is 9.37 Å². The molecule has 68 valence electrons. The normalized spacial score (nSPS) is 12.1. The minimum Gasteiger partial charge on any atom is -0.197 e. The summed E-state index contributed by atoms with van der Waals surface area (Å²) >= 11 is 5.01. The Kier molecular flexibility index (Phi) is 4.34. The van der Waals surface area contributed by atoms with Crippen molar-refractivity contribution in [2.24, 2.45) is 0 Å². The first-order valence-corrected chi connectivity index (χ1v) is 5.75. The Bertz CT molecular complexity index is 319. The van der Waals surface area contributed by atoms with E-state index in [1.165, 1.54) is 0 Å². The van der Waals surface area contributed by atoms with Gasteiger partial charge >= 0.3 is 0 Å². The molecule has 3 heteroatoms. The van der Waals surface area contributed by atoms with Gasteiger partial charge in [-0.05, 0) is 24.6 Å². The van der Waals surface area contributed by atoms with Gasteiger partial charge in [0.25, 0.3) is 0 Å². The lowest BCUT2D eigenvalue weighted by Gasteiger charge is -2.05. The van der Waals surface area contributed by atoms with Crippen LogP contribution < -0.4 is 0 Å². The van der Waals surface area contributed by atoms with E-state index in [0.29, 0.717) is 0 Å². The first-order chi connectivity index (χ1) is 6.26. The maximum Gasteiger partial charge on any atom is 0.0961 e. The summed E-state index contributed by atoms with van der Waals surface area (Å²) in [4.78, 5) is 1.14. The molecule has 1 aromatic rings. The molecule has 0 aromatic heterocycles. The zero-order chi connectivity index (χ0) is 9.68. The fraction of sp³-hybridized carbons (Fsp3) is 0.300. The second kappa shape index (κ2) is 5.31. The van der Waals surface area contributed by atoms with Crippen molar-refractivity contribution in [3.8, 4) is 6.07 Å². The Balaban J connectivity index is 2.69. The van der Waals surface area contributed by atoms with Crippen LogP contribution in [-0.2, 0) is 0 Å². The fourth-order valence-corrected chi connectivity index (χ4v) is 2.36. The Morgan fingerprint density at radius 2 is 2.38 bits per heavy atom. The van der Waals surface area contributed by atoms with Crippen molar-refractivity contribution >= 4 is 27.7 Å². The molecule has 0 saturated carbocycles. The highest BCUT2D eigenvalue weighted by Gasteiger charge is 2.05. The number of thioether (sulfide) groups is 1. The average molecular weight is 256 g/mol. The van der Waals surface area contributed by atoms with E-state index in [0.717, 1.165) is 15.8 Å². The summed E-state index contributed by atoms with van der Waals surface area (Å²) in [5, 5.41) is 8.84. The molecule has 1 aromatic carbocycles. The van der Waals surface area contributed by atoms with Crippen molar-refractivity contribution in [1.29, 1.82) is 5.26 Å². The molecule has 0 bridgehead atoms. The van der Waals surface area contributed by atoms with Gasteiger partial charge in [-0.2, -0.15) is 5.26 Å². The number of nitriles is 1. The molecule has 1 atom stereocenters. The molecule has 0 fully saturated rings. The van der Waals surface area contributed by atoms with Crippen molar-refractivity contribution in [1.82, 2.24) is 0 Å². The van der Waals surface area contributed by atoms with Crippen LogP contribution >= 0.6 is 27.7 Å². The Morgan fingerprint density at radius 1 is 1.62 bits per heavy atom. The van der Waals surface area contributed by atoms with Crippen LogP contribution in [-0.4, -0.2) is 5.25 Å². The number of nitrogens with zero attached hydrogens (tertiary/aromatic N) is 1. The lowest BCUT2D eigenvalue weighted by molar-refractivity contribution is 0.985. The summed E-state index contributed by atoms with van der Waals surface area (Å²) in [7, 11) is 0. The van der Waals surface area contributed by atoms with Gasteiger partial charge in [0.15, 0.2) is 0 Å². The highest BCUT2D eigenvalue weighted by molar-refractivity contribution is 9.10. The first kappa shape index (κ1) is 10.6. The van der Waals surface area contributed by atoms with Crippen LogP contribution in [0.3, 0.4) is 0 Å². The molecule has 0 radical (unpaired) electrons. The molecule has 1 unspecified atom stereocenters. The largest absolute Gasteiger partial charge is 0.197 e. The molecule has 0 aliphatic rings. The quantitative estimate of drug-likeness (QED) is 0.767. The SMILES string of the molecule is CCC(C#N)Sc1cccc(Br)c1. The number of benzene rings is 1. The third-order valence-electron chi connectivity index (χ3n) is 1.59. The highest BCUT2D eigenvalue weighted by atomic mass is 79.9. The molecule has 0 spiro atoms. The third kappa shape index (κ3) is 3.41. The van der Waals surface area contributed by atoms with Crippen LogP contribution in [0.15, 0.2) is 33.6 Å². The summed E-state index contributed by atoms with van der Waals surface area (Å²) in [6.45, 7) is 2.03.